The lowest BCUT2D eigenvalue weighted by atomic mass is 10.0. The Hall–Kier alpha value is -0.980. The molecule has 0 spiro atoms. The molecular formula is C10H14N. The minimum atomic E-state index is 0.835. The van der Waals surface area contributed by atoms with Crippen molar-refractivity contribution in [2.75, 3.05) is 5.73 Å². The minimum absolute atomic E-state index is 0.835. The van der Waals surface area contributed by atoms with Gasteiger partial charge in [-0.2, -0.15) is 0 Å². The maximum atomic E-state index is 5.79. The first-order valence-corrected chi connectivity index (χ1v) is 3.80. The molecule has 1 rings (SSSR count). The highest BCUT2D eigenvalue weighted by molar-refractivity contribution is 5.54. The van der Waals surface area contributed by atoms with Gasteiger partial charge in [-0.05, 0) is 43.9 Å². The van der Waals surface area contributed by atoms with Crippen LogP contribution in [0, 0.1) is 20.8 Å². The van der Waals surface area contributed by atoms with Gasteiger partial charge in [-0.25, -0.2) is 0 Å². The third-order valence-corrected chi connectivity index (χ3v) is 1.94. The molecule has 1 nitrogen and oxygen atoms in total. The summed E-state index contributed by atoms with van der Waals surface area (Å²) in [4.78, 5) is 0. The zero-order valence-electron chi connectivity index (χ0n) is 7.15. The van der Waals surface area contributed by atoms with Gasteiger partial charge >= 0.3 is 0 Å². The van der Waals surface area contributed by atoms with Crippen LogP contribution in [0.1, 0.15) is 16.7 Å². The van der Waals surface area contributed by atoms with Crippen LogP contribution in [0.25, 0.3) is 0 Å². The molecule has 1 aromatic carbocycles. The molecular weight excluding hydrogens is 134 g/mol. The van der Waals surface area contributed by atoms with Crippen LogP contribution in [0.5, 0.6) is 0 Å². The van der Waals surface area contributed by atoms with Gasteiger partial charge in [0.05, 0.1) is 0 Å². The van der Waals surface area contributed by atoms with Crippen LogP contribution >= 0.6 is 0 Å². The second-order valence-electron chi connectivity index (χ2n) is 2.89. The lowest BCUT2D eigenvalue weighted by Crippen LogP contribution is -1.95. The topological polar surface area (TPSA) is 26.0 Å². The normalized spacial score (nSPS) is 10.1. The highest BCUT2D eigenvalue weighted by atomic mass is 14.6. The summed E-state index contributed by atoms with van der Waals surface area (Å²) in [6, 6.07) is 4.19. The lowest BCUT2D eigenvalue weighted by Gasteiger charge is -2.06. The molecule has 0 bridgehead atoms. The van der Waals surface area contributed by atoms with Crippen molar-refractivity contribution in [2.24, 2.45) is 0 Å². The van der Waals surface area contributed by atoms with E-state index in [-0.39, 0.29) is 0 Å². The quantitative estimate of drug-likeness (QED) is 0.607. The van der Waals surface area contributed by atoms with Crippen LogP contribution in [0.15, 0.2) is 12.1 Å². The van der Waals surface area contributed by atoms with Crippen molar-refractivity contribution < 1.29 is 0 Å². The molecule has 59 valence electrons. The summed E-state index contributed by atoms with van der Waals surface area (Å²) in [5, 5.41) is 0. The summed E-state index contributed by atoms with van der Waals surface area (Å²) < 4.78 is 0. The fraction of sp³-hybridized carbons (Fsp3) is 0.300. The molecule has 11 heavy (non-hydrogen) atoms. The molecule has 0 fully saturated rings. The summed E-state index contributed by atoms with van der Waals surface area (Å²) in [5.41, 5.74) is 10.3. The summed E-state index contributed by atoms with van der Waals surface area (Å²) in [5.74, 6) is 0. The number of aryl methyl sites for hydroxylation is 2. The monoisotopic (exact) mass is 148 g/mol. The van der Waals surface area contributed by atoms with Crippen LogP contribution in [0.3, 0.4) is 0 Å². The highest BCUT2D eigenvalue weighted by Gasteiger charge is 1.98. The number of anilines is 1. The molecule has 0 aliphatic rings. The number of nitrogen functional groups attached to an aromatic ring is 1. The molecule has 0 aliphatic carbocycles. The van der Waals surface area contributed by atoms with Crippen LogP contribution in [-0.4, -0.2) is 0 Å². The Morgan fingerprint density at radius 2 is 1.73 bits per heavy atom. The smallest absolute Gasteiger partial charge is 0.0373 e. The van der Waals surface area contributed by atoms with Gasteiger partial charge in [0, 0.05) is 5.69 Å². The van der Waals surface area contributed by atoms with Gasteiger partial charge in [0.15, 0.2) is 0 Å². The second kappa shape index (κ2) is 2.95. The second-order valence-corrected chi connectivity index (χ2v) is 2.89. The van der Waals surface area contributed by atoms with Crippen LogP contribution in [0.2, 0.25) is 0 Å². The summed E-state index contributed by atoms with van der Waals surface area (Å²) in [7, 11) is 0. The molecule has 1 heteroatoms. The molecule has 0 saturated carbocycles. The SMILES string of the molecule is [CH2]Cc1cc(C)c(N)c(C)c1. The van der Waals surface area contributed by atoms with Crippen molar-refractivity contribution >= 4 is 5.69 Å². The first-order valence-electron chi connectivity index (χ1n) is 3.80. The number of hydrogen-bond acceptors (Lipinski definition) is 1. The highest BCUT2D eigenvalue weighted by Crippen LogP contribution is 2.18. The molecule has 0 saturated heterocycles. The van der Waals surface area contributed by atoms with Crippen molar-refractivity contribution in [1.29, 1.82) is 0 Å². The predicted octanol–water partition coefficient (Wildman–Crippen LogP) is 2.26. The van der Waals surface area contributed by atoms with Gasteiger partial charge < -0.3 is 5.73 Å². The largest absolute Gasteiger partial charge is 0.398 e. The van der Waals surface area contributed by atoms with Crippen molar-refractivity contribution in [1.82, 2.24) is 0 Å². The molecule has 0 heterocycles. The molecule has 1 aromatic rings. The lowest BCUT2D eigenvalue weighted by molar-refractivity contribution is 1.23. The third-order valence-electron chi connectivity index (χ3n) is 1.94. The third kappa shape index (κ3) is 1.53. The number of benzene rings is 1. The average molecular weight is 148 g/mol. The Kier molecular flexibility index (Phi) is 2.18. The summed E-state index contributed by atoms with van der Waals surface area (Å²) >= 11 is 0. The van der Waals surface area contributed by atoms with E-state index in [2.05, 4.69) is 19.1 Å². The fourth-order valence-electron chi connectivity index (χ4n) is 1.21. The molecule has 0 atom stereocenters. The van der Waals surface area contributed by atoms with E-state index in [1.807, 2.05) is 13.8 Å². The summed E-state index contributed by atoms with van der Waals surface area (Å²) in [6.07, 6.45) is 0.835. The Balaban J connectivity index is 3.21. The number of rotatable bonds is 1. The van der Waals surface area contributed by atoms with Gasteiger partial charge in [-0.3, -0.25) is 0 Å². The van der Waals surface area contributed by atoms with Crippen molar-refractivity contribution in [3.8, 4) is 0 Å². The average Bonchev–Trinajstić information content (AvgIpc) is 1.99. The maximum Gasteiger partial charge on any atom is 0.0373 e. The Labute approximate surface area is 68.2 Å². The van der Waals surface area contributed by atoms with E-state index in [1.54, 1.807) is 0 Å². The first kappa shape index (κ1) is 8.12. The van der Waals surface area contributed by atoms with Crippen LogP contribution in [0.4, 0.5) is 5.69 Å². The van der Waals surface area contributed by atoms with Crippen molar-refractivity contribution in [3.63, 3.8) is 0 Å². The zero-order valence-corrected chi connectivity index (χ0v) is 7.15. The van der Waals surface area contributed by atoms with Gasteiger partial charge in [0.2, 0.25) is 0 Å². The van der Waals surface area contributed by atoms with Gasteiger partial charge in [0.1, 0.15) is 0 Å². The molecule has 1 radical (unpaired) electrons. The fourth-order valence-corrected chi connectivity index (χ4v) is 1.21. The van der Waals surface area contributed by atoms with Crippen LogP contribution in [-0.2, 0) is 6.42 Å². The van der Waals surface area contributed by atoms with Crippen molar-refractivity contribution in [2.45, 2.75) is 20.3 Å². The van der Waals surface area contributed by atoms with Crippen molar-refractivity contribution in [3.05, 3.63) is 35.7 Å². The molecule has 2 N–H and O–H groups in total. The summed E-state index contributed by atoms with van der Waals surface area (Å²) in [6.45, 7) is 7.89. The number of hydrogen-bond donors (Lipinski definition) is 1. The van der Waals surface area contributed by atoms with E-state index in [4.69, 9.17) is 5.73 Å². The Morgan fingerprint density at radius 1 is 1.27 bits per heavy atom. The van der Waals surface area contributed by atoms with E-state index < -0.39 is 0 Å². The minimum Gasteiger partial charge on any atom is -0.398 e. The predicted molar refractivity (Wildman–Crippen MR) is 49.4 cm³/mol. The van der Waals surface area contributed by atoms with Gasteiger partial charge in [-0.15, -0.1) is 0 Å². The van der Waals surface area contributed by atoms with E-state index >= 15 is 0 Å². The van der Waals surface area contributed by atoms with Crippen LogP contribution < -0.4 is 5.73 Å². The zero-order chi connectivity index (χ0) is 8.43. The molecule has 0 aliphatic heterocycles. The Morgan fingerprint density at radius 3 is 2.09 bits per heavy atom. The standard InChI is InChI=1S/C10H14N/c1-4-9-5-7(2)10(11)8(3)6-9/h5-6H,1,4,11H2,2-3H3. The van der Waals surface area contributed by atoms with Gasteiger partial charge in [-0.1, -0.05) is 12.1 Å². The van der Waals surface area contributed by atoms with Gasteiger partial charge in [0.25, 0.3) is 0 Å². The molecule has 0 amide bonds. The van der Waals surface area contributed by atoms with E-state index in [0.29, 0.717) is 0 Å². The molecule has 0 unspecified atom stereocenters. The van der Waals surface area contributed by atoms with E-state index in [1.165, 1.54) is 5.56 Å². The van der Waals surface area contributed by atoms with E-state index in [9.17, 15) is 0 Å². The molecule has 0 aromatic heterocycles. The van der Waals surface area contributed by atoms with E-state index in [0.717, 1.165) is 23.2 Å². The first-order chi connectivity index (χ1) is 5.15. The number of nitrogens with two attached hydrogens (primary N) is 1. The maximum absolute atomic E-state index is 5.79. The Bertz CT molecular complexity index is 241.